The molecule has 11 heteroatoms. The van der Waals surface area contributed by atoms with E-state index in [2.05, 4.69) is 12.2 Å². The number of anilines is 1. The molecular weight excluding hydrogens is 528 g/mol. The average Bonchev–Trinajstić information content (AvgIpc) is 3.30. The number of carbonyl (C=O) groups is 3. The zero-order valence-electron chi connectivity index (χ0n) is 24.2. The van der Waals surface area contributed by atoms with Gasteiger partial charge in [0.25, 0.3) is 5.91 Å². The second kappa shape index (κ2) is 9.85. The lowest BCUT2D eigenvalue weighted by Gasteiger charge is -2.50. The van der Waals surface area contributed by atoms with Gasteiger partial charge in [-0.25, -0.2) is 0 Å². The largest absolute Gasteiger partial charge is 0.508 e. The number of fused-ring (bicyclic) bond motifs is 3. The fourth-order valence-electron chi connectivity index (χ4n) is 7.70. The van der Waals surface area contributed by atoms with Gasteiger partial charge in [0.05, 0.1) is 11.6 Å². The molecule has 0 radical (unpaired) electrons. The molecular formula is C30H40N4O7. The number of nitrogens with zero attached hydrogens (tertiary/aromatic N) is 2. The van der Waals surface area contributed by atoms with Crippen LogP contribution in [0.15, 0.2) is 23.0 Å². The lowest BCUT2D eigenvalue weighted by Crippen LogP contribution is -2.65. The molecule has 0 heterocycles. The highest BCUT2D eigenvalue weighted by molar-refractivity contribution is 6.24. The molecule has 41 heavy (non-hydrogen) atoms. The van der Waals surface area contributed by atoms with Crippen molar-refractivity contribution in [3.63, 3.8) is 0 Å². The Bertz CT molecular complexity index is 1410. The first kappa shape index (κ1) is 29.1. The van der Waals surface area contributed by atoms with E-state index < -0.39 is 58.0 Å². The van der Waals surface area contributed by atoms with Crippen LogP contribution in [0.4, 0.5) is 5.69 Å². The number of phenols is 1. The fraction of sp³-hybridized carbons (Fsp3) is 0.567. The second-order valence-corrected chi connectivity index (χ2v) is 12.7. The highest BCUT2D eigenvalue weighted by atomic mass is 16.3. The van der Waals surface area contributed by atoms with Crippen molar-refractivity contribution < 1.29 is 34.8 Å². The molecule has 2 saturated carbocycles. The number of aliphatic hydroxyl groups is 3. The molecule has 0 saturated heterocycles. The normalized spacial score (nSPS) is 29.0. The third-order valence-corrected chi connectivity index (χ3v) is 9.63. The van der Waals surface area contributed by atoms with Gasteiger partial charge >= 0.3 is 0 Å². The van der Waals surface area contributed by atoms with Crippen LogP contribution in [0, 0.1) is 11.8 Å². The van der Waals surface area contributed by atoms with Crippen molar-refractivity contribution in [2.45, 2.75) is 69.2 Å². The van der Waals surface area contributed by atoms with Gasteiger partial charge in [-0.3, -0.25) is 19.3 Å². The molecule has 7 N–H and O–H groups in total. The minimum absolute atomic E-state index is 0.00143. The standard InChI is InChI=1S/C30H40N4O7/c1-29(8-6-7-9-29)32-13-15-12-18(35)20-16(22(15)33(2)3)10-14-11-17-23(34(4)5)25(37)21(28(31)40)27(39)30(17,41)26(38)19(14)24(20)36/h12,14,17,23,32,35-36,39,41H,6-11,13H2,1-5H3,(H2,31,40)/t14-,17-,23-,30-/m0/s1. The molecule has 4 aliphatic rings. The molecule has 0 aliphatic heterocycles. The van der Waals surface area contributed by atoms with Crippen molar-refractivity contribution in [2.24, 2.45) is 17.6 Å². The number of nitrogens with one attached hydrogen (secondary N) is 1. The highest BCUT2D eigenvalue weighted by Gasteiger charge is 2.64. The SMILES string of the molecule is CN(C)c1c(CNC2(C)CCCC2)cc(O)c2c1C[C@H]1C[C@H]3[C@H](N(C)C)C(=O)C(C(N)=O)=C(O)[C@@]3(O)C(=O)C1=C2O. The Kier molecular flexibility index (Phi) is 6.99. The summed E-state index contributed by atoms with van der Waals surface area (Å²) in [6.07, 6.45) is 4.75. The summed E-state index contributed by atoms with van der Waals surface area (Å²) in [6, 6.07) is 0.475. The summed E-state index contributed by atoms with van der Waals surface area (Å²) >= 11 is 0. The van der Waals surface area contributed by atoms with Crippen LogP contribution in [0.5, 0.6) is 5.75 Å². The van der Waals surface area contributed by atoms with Crippen molar-refractivity contribution in [1.29, 1.82) is 0 Å². The smallest absolute Gasteiger partial charge is 0.255 e. The fourth-order valence-corrected chi connectivity index (χ4v) is 7.70. The maximum Gasteiger partial charge on any atom is 0.255 e. The van der Waals surface area contributed by atoms with Crippen molar-refractivity contribution in [3.05, 3.63) is 39.7 Å². The first-order valence-electron chi connectivity index (χ1n) is 14.1. The molecule has 4 aliphatic carbocycles. The maximum absolute atomic E-state index is 14.0. The molecule has 222 valence electrons. The Morgan fingerprint density at radius 3 is 2.32 bits per heavy atom. The number of ketones is 2. The lowest BCUT2D eigenvalue weighted by atomic mass is 9.57. The number of carbonyl (C=O) groups excluding carboxylic acids is 3. The third kappa shape index (κ3) is 4.24. The summed E-state index contributed by atoms with van der Waals surface area (Å²) in [6.45, 7) is 2.70. The first-order chi connectivity index (χ1) is 19.1. The van der Waals surface area contributed by atoms with Gasteiger partial charge in [0.1, 0.15) is 22.8 Å². The number of hydrogen-bond acceptors (Lipinski definition) is 10. The van der Waals surface area contributed by atoms with Crippen LogP contribution in [-0.2, 0) is 27.3 Å². The summed E-state index contributed by atoms with van der Waals surface area (Å²) < 4.78 is 0. The minimum atomic E-state index is -2.65. The highest BCUT2D eigenvalue weighted by Crippen LogP contribution is 2.54. The Morgan fingerprint density at radius 2 is 1.76 bits per heavy atom. The number of benzene rings is 1. The second-order valence-electron chi connectivity index (χ2n) is 12.7. The number of rotatable bonds is 6. The van der Waals surface area contributed by atoms with E-state index in [4.69, 9.17) is 5.73 Å². The molecule has 5 rings (SSSR count). The van der Waals surface area contributed by atoms with Gasteiger partial charge in [-0.15, -0.1) is 0 Å². The van der Waals surface area contributed by atoms with Gasteiger partial charge in [0.2, 0.25) is 5.78 Å². The van der Waals surface area contributed by atoms with Crippen LogP contribution in [0.3, 0.4) is 0 Å². The molecule has 0 unspecified atom stereocenters. The number of aliphatic hydroxyl groups excluding tert-OH is 2. The molecule has 0 bridgehead atoms. The number of likely N-dealkylation sites (N-methyl/N-ethyl adjacent to an activating group) is 1. The quantitative estimate of drug-likeness (QED) is 0.275. The summed E-state index contributed by atoms with van der Waals surface area (Å²) in [5.74, 6) is -6.53. The van der Waals surface area contributed by atoms with E-state index in [0.29, 0.717) is 12.1 Å². The topological polar surface area (TPSA) is 177 Å². The number of primary amides is 1. The van der Waals surface area contributed by atoms with Gasteiger partial charge in [-0.2, -0.15) is 0 Å². The van der Waals surface area contributed by atoms with Crippen molar-refractivity contribution in [3.8, 4) is 5.75 Å². The van der Waals surface area contributed by atoms with Gasteiger partial charge in [0, 0.05) is 43.4 Å². The van der Waals surface area contributed by atoms with E-state index in [1.165, 1.54) is 4.90 Å². The van der Waals surface area contributed by atoms with Crippen LogP contribution in [0.25, 0.3) is 5.76 Å². The van der Waals surface area contributed by atoms with Crippen molar-refractivity contribution in [1.82, 2.24) is 10.2 Å². The Balaban J connectivity index is 1.66. The zero-order valence-corrected chi connectivity index (χ0v) is 24.2. The van der Waals surface area contributed by atoms with E-state index in [1.807, 2.05) is 19.0 Å². The summed E-state index contributed by atoms with van der Waals surface area (Å²) in [7, 11) is 6.93. The number of amides is 1. The van der Waals surface area contributed by atoms with Gasteiger partial charge < -0.3 is 36.4 Å². The number of Topliss-reactive ketones (excluding diaryl/α,β-unsaturated/α-hetero) is 2. The first-order valence-corrected chi connectivity index (χ1v) is 14.1. The summed E-state index contributed by atoms with van der Waals surface area (Å²) in [5, 5.41) is 49.1. The molecule has 1 amide bonds. The number of phenolic OH excluding ortho intramolecular Hbond substituents is 1. The Labute approximate surface area is 239 Å². The summed E-state index contributed by atoms with van der Waals surface area (Å²) in [4.78, 5) is 42.9. The monoisotopic (exact) mass is 568 g/mol. The van der Waals surface area contributed by atoms with E-state index in [0.717, 1.165) is 36.9 Å². The molecule has 0 aromatic heterocycles. The van der Waals surface area contributed by atoms with Crippen LogP contribution < -0.4 is 16.0 Å². The number of nitrogens with two attached hydrogens (primary N) is 1. The molecule has 0 spiro atoms. The third-order valence-electron chi connectivity index (χ3n) is 9.63. The van der Waals surface area contributed by atoms with Crippen molar-refractivity contribution >= 4 is 28.9 Å². The predicted molar refractivity (Wildman–Crippen MR) is 152 cm³/mol. The minimum Gasteiger partial charge on any atom is -0.508 e. The van der Waals surface area contributed by atoms with E-state index in [9.17, 15) is 34.8 Å². The predicted octanol–water partition coefficient (Wildman–Crippen LogP) is 1.45. The van der Waals surface area contributed by atoms with Gasteiger partial charge in [-0.1, -0.05) is 12.8 Å². The molecule has 11 nitrogen and oxygen atoms in total. The summed E-state index contributed by atoms with van der Waals surface area (Å²) in [5.41, 5.74) is 4.19. The van der Waals surface area contributed by atoms with E-state index in [-0.39, 0.29) is 35.3 Å². The van der Waals surface area contributed by atoms with E-state index >= 15 is 0 Å². The lowest BCUT2D eigenvalue weighted by molar-refractivity contribution is -0.153. The van der Waals surface area contributed by atoms with Gasteiger partial charge in [-0.05, 0) is 69.8 Å². The number of aromatic hydroxyl groups is 1. The zero-order chi connectivity index (χ0) is 30.2. The van der Waals surface area contributed by atoms with Crippen LogP contribution in [-0.4, -0.2) is 88.2 Å². The maximum atomic E-state index is 14.0. The van der Waals surface area contributed by atoms with Crippen LogP contribution >= 0.6 is 0 Å². The average molecular weight is 569 g/mol. The van der Waals surface area contributed by atoms with Crippen LogP contribution in [0.2, 0.25) is 0 Å². The van der Waals surface area contributed by atoms with Gasteiger partial charge in [0.15, 0.2) is 11.4 Å². The molecule has 2 fully saturated rings. The molecule has 4 atom stereocenters. The Hall–Kier alpha value is -3.41. The van der Waals surface area contributed by atoms with E-state index in [1.54, 1.807) is 20.2 Å². The molecule has 1 aromatic carbocycles. The van der Waals surface area contributed by atoms with Crippen molar-refractivity contribution in [2.75, 3.05) is 33.1 Å². The van der Waals surface area contributed by atoms with Crippen LogP contribution in [0.1, 0.15) is 55.7 Å². The number of hydrogen-bond donors (Lipinski definition) is 6. The molecule has 1 aromatic rings. The Morgan fingerprint density at radius 1 is 1.12 bits per heavy atom.